The standard InChI is InChI=1S/C17H27N3O2/c1-14-7-11-20(12-8-14)10-4-9-18-17(21)19-15-5-3-6-16(13-15)22-2/h3,5-6,13-14H,4,7-12H2,1-2H3,(H2,18,19,21). The zero-order chi connectivity index (χ0) is 15.8. The van der Waals surface area contributed by atoms with E-state index >= 15 is 0 Å². The molecule has 122 valence electrons. The molecule has 0 aromatic heterocycles. The first-order valence-electron chi connectivity index (χ1n) is 8.08. The number of ether oxygens (including phenoxy) is 1. The second-order valence-corrected chi connectivity index (χ2v) is 5.99. The molecule has 0 bridgehead atoms. The number of benzene rings is 1. The van der Waals surface area contributed by atoms with Crippen LogP contribution in [0.5, 0.6) is 5.75 Å². The molecule has 1 aliphatic rings. The smallest absolute Gasteiger partial charge is 0.319 e. The number of methoxy groups -OCH3 is 1. The van der Waals surface area contributed by atoms with Gasteiger partial charge in [0.1, 0.15) is 5.75 Å². The molecule has 2 rings (SSSR count). The SMILES string of the molecule is COc1cccc(NC(=O)NCCCN2CCC(C)CC2)c1. The van der Waals surface area contributed by atoms with Gasteiger partial charge in [-0.3, -0.25) is 0 Å². The van der Waals surface area contributed by atoms with E-state index in [1.165, 1.54) is 25.9 Å². The van der Waals surface area contributed by atoms with Crippen LogP contribution in [0.1, 0.15) is 26.2 Å². The van der Waals surface area contributed by atoms with E-state index in [0.717, 1.165) is 30.3 Å². The van der Waals surface area contributed by atoms with Crippen molar-refractivity contribution in [1.29, 1.82) is 0 Å². The van der Waals surface area contributed by atoms with Crippen molar-refractivity contribution in [2.75, 3.05) is 38.6 Å². The molecule has 0 saturated carbocycles. The van der Waals surface area contributed by atoms with E-state index in [2.05, 4.69) is 22.5 Å². The van der Waals surface area contributed by atoms with Gasteiger partial charge in [0.15, 0.2) is 0 Å². The van der Waals surface area contributed by atoms with E-state index < -0.39 is 0 Å². The summed E-state index contributed by atoms with van der Waals surface area (Å²) in [5, 5.41) is 5.72. The fraction of sp³-hybridized carbons (Fsp3) is 0.588. The van der Waals surface area contributed by atoms with Gasteiger partial charge in [0.2, 0.25) is 0 Å². The van der Waals surface area contributed by atoms with Crippen LogP contribution in [0.15, 0.2) is 24.3 Å². The Morgan fingerprint density at radius 1 is 1.36 bits per heavy atom. The maximum absolute atomic E-state index is 11.8. The molecule has 1 aromatic carbocycles. The molecule has 0 spiro atoms. The van der Waals surface area contributed by atoms with Crippen LogP contribution in [0.4, 0.5) is 10.5 Å². The van der Waals surface area contributed by atoms with Crippen LogP contribution in [-0.4, -0.2) is 44.2 Å². The summed E-state index contributed by atoms with van der Waals surface area (Å²) >= 11 is 0. The molecule has 22 heavy (non-hydrogen) atoms. The van der Waals surface area contributed by atoms with E-state index in [1.54, 1.807) is 13.2 Å². The predicted molar refractivity (Wildman–Crippen MR) is 89.5 cm³/mol. The van der Waals surface area contributed by atoms with Crippen molar-refractivity contribution in [2.24, 2.45) is 5.92 Å². The number of nitrogens with zero attached hydrogens (tertiary/aromatic N) is 1. The number of likely N-dealkylation sites (tertiary alicyclic amines) is 1. The molecule has 1 fully saturated rings. The number of anilines is 1. The minimum Gasteiger partial charge on any atom is -0.497 e. The number of rotatable bonds is 6. The summed E-state index contributed by atoms with van der Waals surface area (Å²) in [5.41, 5.74) is 0.738. The molecule has 5 nitrogen and oxygen atoms in total. The lowest BCUT2D eigenvalue weighted by atomic mass is 9.99. The lowest BCUT2D eigenvalue weighted by molar-refractivity contribution is 0.190. The van der Waals surface area contributed by atoms with Gasteiger partial charge in [-0.1, -0.05) is 13.0 Å². The summed E-state index contributed by atoms with van der Waals surface area (Å²) in [7, 11) is 1.61. The van der Waals surface area contributed by atoms with E-state index in [4.69, 9.17) is 4.74 Å². The van der Waals surface area contributed by atoms with Crippen LogP contribution in [0.3, 0.4) is 0 Å². The number of urea groups is 1. The lowest BCUT2D eigenvalue weighted by Crippen LogP contribution is -2.36. The van der Waals surface area contributed by atoms with Crippen molar-refractivity contribution < 1.29 is 9.53 Å². The molecular formula is C17H27N3O2. The molecule has 1 aliphatic heterocycles. The first-order valence-corrected chi connectivity index (χ1v) is 8.08. The third-order valence-corrected chi connectivity index (χ3v) is 4.14. The highest BCUT2D eigenvalue weighted by Crippen LogP contribution is 2.17. The molecule has 0 atom stereocenters. The fourth-order valence-electron chi connectivity index (χ4n) is 2.67. The van der Waals surface area contributed by atoms with Crippen molar-refractivity contribution in [3.05, 3.63) is 24.3 Å². The van der Waals surface area contributed by atoms with Crippen LogP contribution in [0, 0.1) is 5.92 Å². The third kappa shape index (κ3) is 5.56. The summed E-state index contributed by atoms with van der Waals surface area (Å²) < 4.78 is 5.13. The van der Waals surface area contributed by atoms with Crippen molar-refractivity contribution in [3.8, 4) is 5.75 Å². The van der Waals surface area contributed by atoms with Gasteiger partial charge in [-0.15, -0.1) is 0 Å². The van der Waals surface area contributed by atoms with Gasteiger partial charge < -0.3 is 20.3 Å². The highest BCUT2D eigenvalue weighted by Gasteiger charge is 2.14. The van der Waals surface area contributed by atoms with Gasteiger partial charge in [-0.05, 0) is 56.9 Å². The average molecular weight is 305 g/mol. The molecule has 2 N–H and O–H groups in total. The molecular weight excluding hydrogens is 278 g/mol. The quantitative estimate of drug-likeness (QED) is 0.795. The van der Waals surface area contributed by atoms with Gasteiger partial charge in [0.05, 0.1) is 7.11 Å². The Labute approximate surface area is 133 Å². The number of piperidine rings is 1. The Balaban J connectivity index is 1.61. The number of nitrogens with one attached hydrogen (secondary N) is 2. The molecule has 2 amide bonds. The zero-order valence-corrected chi connectivity index (χ0v) is 13.6. The first-order chi connectivity index (χ1) is 10.7. The maximum Gasteiger partial charge on any atom is 0.319 e. The van der Waals surface area contributed by atoms with Gasteiger partial charge in [0.25, 0.3) is 0 Å². The number of carbonyl (C=O) groups is 1. The number of hydrogen-bond donors (Lipinski definition) is 2. The second-order valence-electron chi connectivity index (χ2n) is 5.99. The topological polar surface area (TPSA) is 53.6 Å². The Morgan fingerprint density at radius 2 is 2.14 bits per heavy atom. The minimum absolute atomic E-state index is 0.166. The zero-order valence-electron chi connectivity index (χ0n) is 13.6. The summed E-state index contributed by atoms with van der Waals surface area (Å²) in [6, 6.07) is 7.18. The van der Waals surface area contributed by atoms with E-state index in [0.29, 0.717) is 6.54 Å². The fourth-order valence-corrected chi connectivity index (χ4v) is 2.67. The van der Waals surface area contributed by atoms with Crippen LogP contribution in [0.25, 0.3) is 0 Å². The molecule has 1 heterocycles. The summed E-state index contributed by atoms with van der Waals surface area (Å²) in [6.45, 7) is 6.46. The average Bonchev–Trinajstić information content (AvgIpc) is 2.53. The van der Waals surface area contributed by atoms with Crippen molar-refractivity contribution in [3.63, 3.8) is 0 Å². The molecule has 1 saturated heterocycles. The van der Waals surface area contributed by atoms with Gasteiger partial charge in [0, 0.05) is 18.3 Å². The largest absolute Gasteiger partial charge is 0.497 e. The summed E-state index contributed by atoms with van der Waals surface area (Å²) in [6.07, 6.45) is 3.58. The van der Waals surface area contributed by atoms with Crippen molar-refractivity contribution in [1.82, 2.24) is 10.2 Å². The van der Waals surface area contributed by atoms with Gasteiger partial charge in [-0.25, -0.2) is 4.79 Å². The van der Waals surface area contributed by atoms with Gasteiger partial charge >= 0.3 is 6.03 Å². The van der Waals surface area contributed by atoms with Crippen LogP contribution in [0.2, 0.25) is 0 Å². The Hall–Kier alpha value is -1.75. The highest BCUT2D eigenvalue weighted by molar-refractivity contribution is 5.89. The number of carbonyl (C=O) groups excluding carboxylic acids is 1. The van der Waals surface area contributed by atoms with Crippen LogP contribution >= 0.6 is 0 Å². The van der Waals surface area contributed by atoms with Gasteiger partial charge in [-0.2, -0.15) is 0 Å². The normalized spacial score (nSPS) is 16.3. The molecule has 0 aliphatic carbocycles. The van der Waals surface area contributed by atoms with Crippen molar-refractivity contribution >= 4 is 11.7 Å². The van der Waals surface area contributed by atoms with E-state index in [-0.39, 0.29) is 6.03 Å². The molecule has 0 unspecified atom stereocenters. The van der Waals surface area contributed by atoms with Crippen LogP contribution in [-0.2, 0) is 0 Å². The molecule has 0 radical (unpaired) electrons. The number of hydrogen-bond acceptors (Lipinski definition) is 3. The second kappa shape index (κ2) is 8.63. The lowest BCUT2D eigenvalue weighted by Gasteiger charge is -2.30. The maximum atomic E-state index is 11.8. The van der Waals surface area contributed by atoms with E-state index in [1.807, 2.05) is 18.2 Å². The van der Waals surface area contributed by atoms with Crippen molar-refractivity contribution in [2.45, 2.75) is 26.2 Å². The Kier molecular flexibility index (Phi) is 6.52. The predicted octanol–water partition coefficient (Wildman–Crippen LogP) is 2.94. The first kappa shape index (κ1) is 16.6. The number of amides is 2. The summed E-state index contributed by atoms with van der Waals surface area (Å²) in [4.78, 5) is 14.3. The summed E-state index contributed by atoms with van der Waals surface area (Å²) in [5.74, 6) is 1.60. The van der Waals surface area contributed by atoms with Crippen LogP contribution < -0.4 is 15.4 Å². The third-order valence-electron chi connectivity index (χ3n) is 4.14. The molecule has 5 heteroatoms. The highest BCUT2D eigenvalue weighted by atomic mass is 16.5. The Morgan fingerprint density at radius 3 is 2.86 bits per heavy atom. The van der Waals surface area contributed by atoms with E-state index in [9.17, 15) is 4.79 Å². The Bertz CT molecular complexity index is 471. The monoisotopic (exact) mass is 305 g/mol. The molecule has 1 aromatic rings. The minimum atomic E-state index is -0.166.